The first kappa shape index (κ1) is 27.6. The molecule has 2 N–H and O–H groups in total. The van der Waals surface area contributed by atoms with E-state index < -0.39 is 48.9 Å². The van der Waals surface area contributed by atoms with E-state index in [4.69, 9.17) is 9.39 Å². The number of aromatic hydroxyl groups is 1. The van der Waals surface area contributed by atoms with Crippen LogP contribution >= 0.6 is 15.9 Å². The Kier molecular flexibility index (Phi) is 8.58. The number of fused-ring (bicyclic) bond motifs is 3. The van der Waals surface area contributed by atoms with Gasteiger partial charge < -0.3 is 24.3 Å². The number of carbonyl (C=O) groups is 3. The van der Waals surface area contributed by atoms with Gasteiger partial charge in [0.1, 0.15) is 5.75 Å². The molecule has 0 radical (unpaired) electrons. The number of benzene rings is 1. The largest absolute Gasteiger partial charge is 0.507 e. The maximum Gasteiger partial charge on any atom is 0.455 e. The summed E-state index contributed by atoms with van der Waals surface area (Å²) in [6, 6.07) is 5.25. The molecule has 37 heavy (non-hydrogen) atoms. The topological polar surface area (TPSA) is 123 Å². The van der Waals surface area contributed by atoms with Gasteiger partial charge >= 0.3 is 13.2 Å². The lowest BCUT2D eigenvalue weighted by Gasteiger charge is -2.43. The zero-order valence-corrected chi connectivity index (χ0v) is 22.7. The molecule has 9 nitrogen and oxygen atoms in total. The van der Waals surface area contributed by atoms with Crippen molar-refractivity contribution in [3.05, 3.63) is 45.0 Å². The minimum atomic E-state index is -1.11. The van der Waals surface area contributed by atoms with E-state index in [2.05, 4.69) is 20.7 Å². The van der Waals surface area contributed by atoms with Crippen molar-refractivity contribution in [2.75, 3.05) is 20.8 Å². The fourth-order valence-corrected chi connectivity index (χ4v) is 6.25. The van der Waals surface area contributed by atoms with Gasteiger partial charge in [0.15, 0.2) is 0 Å². The molecular weight excluding hydrogens is 545 g/mol. The highest BCUT2D eigenvalue weighted by Crippen LogP contribution is 2.50. The molecule has 0 unspecified atom stereocenters. The maximum atomic E-state index is 13.2. The van der Waals surface area contributed by atoms with E-state index in [0.717, 1.165) is 34.7 Å². The number of halogens is 1. The maximum absolute atomic E-state index is 13.2. The number of methoxy groups -OCH3 is 2. The quantitative estimate of drug-likeness (QED) is 0.285. The molecule has 2 aliphatic heterocycles. The summed E-state index contributed by atoms with van der Waals surface area (Å²) < 4.78 is 17.0. The second kappa shape index (κ2) is 11.5. The summed E-state index contributed by atoms with van der Waals surface area (Å²) in [7, 11) is 1.58. The number of hydrogen-bond donors (Lipinski definition) is 2. The average molecular weight is 576 g/mol. The molecular formula is C26H31BBrNO8. The van der Waals surface area contributed by atoms with Gasteiger partial charge in [-0.3, -0.25) is 9.59 Å². The van der Waals surface area contributed by atoms with Gasteiger partial charge in [0, 0.05) is 17.1 Å². The van der Waals surface area contributed by atoms with Crippen molar-refractivity contribution in [2.45, 2.75) is 45.0 Å². The van der Waals surface area contributed by atoms with Gasteiger partial charge in [-0.05, 0) is 67.3 Å². The molecule has 0 saturated carbocycles. The number of nitrogens with zero attached hydrogens (tertiary/aromatic N) is 1. The number of ether oxygens (including phenoxy) is 2. The zero-order chi connectivity index (χ0) is 26.9. The van der Waals surface area contributed by atoms with Crippen LogP contribution in [-0.2, 0) is 23.7 Å². The molecule has 1 aromatic rings. The van der Waals surface area contributed by atoms with Crippen molar-refractivity contribution in [3.63, 3.8) is 0 Å². The monoisotopic (exact) mass is 575 g/mol. The van der Waals surface area contributed by atoms with Crippen LogP contribution in [-0.4, -0.2) is 67.0 Å². The van der Waals surface area contributed by atoms with E-state index in [-0.39, 0.29) is 25.1 Å². The van der Waals surface area contributed by atoms with Crippen molar-refractivity contribution in [2.24, 2.45) is 17.8 Å². The van der Waals surface area contributed by atoms with Gasteiger partial charge in [0.2, 0.25) is 11.8 Å². The van der Waals surface area contributed by atoms with Crippen LogP contribution in [0, 0.1) is 17.8 Å². The van der Waals surface area contributed by atoms with Crippen LogP contribution in [0.15, 0.2) is 39.4 Å². The van der Waals surface area contributed by atoms with Crippen LogP contribution in [0.2, 0.25) is 6.32 Å². The zero-order valence-electron chi connectivity index (χ0n) is 21.1. The molecule has 0 bridgehead atoms. The van der Waals surface area contributed by atoms with Gasteiger partial charge in [-0.15, -0.1) is 0 Å². The number of carbonyl (C=O) groups excluding carboxylic acids is 3. The standard InChI is InChI=1S/C26H31BBrNO8/c1-4-14(9-15-10-17(28)6-7-20(15)30)5-8-21-22-16(13-35-2)11-18-23(19(22)12-27(34)37-21)25(32)29(24(18)31)26(33)36-3/h6-7,9-10,18-19,21,23,30,34H,4-5,8,11-13H2,1-3H3/b14-9+/t18-,19+,21-,23-/m1/s1. The number of hydrogen-bond acceptors (Lipinski definition) is 8. The molecule has 4 atom stereocenters. The van der Waals surface area contributed by atoms with Gasteiger partial charge in [-0.1, -0.05) is 34.5 Å². The van der Waals surface area contributed by atoms with Crippen LogP contribution < -0.4 is 0 Å². The lowest BCUT2D eigenvalue weighted by Crippen LogP contribution is -2.46. The highest BCUT2D eigenvalue weighted by atomic mass is 79.9. The molecule has 0 spiro atoms. The summed E-state index contributed by atoms with van der Waals surface area (Å²) in [5.41, 5.74) is 3.53. The molecule has 4 rings (SSSR count). The molecule has 1 aromatic carbocycles. The Morgan fingerprint density at radius 1 is 1.27 bits per heavy atom. The van der Waals surface area contributed by atoms with Gasteiger partial charge in [-0.2, -0.15) is 4.90 Å². The third-order valence-corrected chi connectivity index (χ3v) is 8.01. The molecule has 3 aliphatic rings. The number of phenolic OH excluding ortho intramolecular Hbond substituents is 1. The Labute approximate surface area is 224 Å². The lowest BCUT2D eigenvalue weighted by atomic mass is 9.58. The number of phenols is 1. The second-order valence-electron chi connectivity index (χ2n) is 9.63. The Bertz CT molecular complexity index is 1150. The summed E-state index contributed by atoms with van der Waals surface area (Å²) in [5.74, 6) is -2.90. The first-order chi connectivity index (χ1) is 17.7. The molecule has 2 heterocycles. The first-order valence-corrected chi connectivity index (χ1v) is 13.2. The lowest BCUT2D eigenvalue weighted by molar-refractivity contribution is -0.137. The smallest absolute Gasteiger partial charge is 0.455 e. The van der Waals surface area contributed by atoms with Gasteiger partial charge in [-0.25, -0.2) is 4.79 Å². The van der Waals surface area contributed by atoms with E-state index in [0.29, 0.717) is 23.3 Å². The normalized spacial score (nSPS) is 25.9. The van der Waals surface area contributed by atoms with Crippen molar-refractivity contribution >= 4 is 47.0 Å². The van der Waals surface area contributed by atoms with E-state index in [9.17, 15) is 24.5 Å². The van der Waals surface area contributed by atoms with E-state index in [1.54, 1.807) is 19.2 Å². The van der Waals surface area contributed by atoms with Crippen LogP contribution in [0.3, 0.4) is 0 Å². The predicted molar refractivity (Wildman–Crippen MR) is 139 cm³/mol. The Hall–Kier alpha value is -2.47. The third-order valence-electron chi connectivity index (χ3n) is 7.51. The number of allylic oxidation sites excluding steroid dienone is 1. The van der Waals surface area contributed by atoms with E-state index in [1.807, 2.05) is 19.1 Å². The summed E-state index contributed by atoms with van der Waals surface area (Å²) in [4.78, 5) is 39.1. The highest BCUT2D eigenvalue weighted by Gasteiger charge is 2.59. The molecule has 2 fully saturated rings. The third kappa shape index (κ3) is 5.41. The summed E-state index contributed by atoms with van der Waals surface area (Å²) in [5, 5.41) is 20.9. The molecule has 11 heteroatoms. The molecule has 1 aliphatic carbocycles. The molecule has 0 aromatic heterocycles. The van der Waals surface area contributed by atoms with Crippen molar-refractivity contribution in [3.8, 4) is 5.75 Å². The van der Waals surface area contributed by atoms with E-state index in [1.165, 1.54) is 0 Å². The summed E-state index contributed by atoms with van der Waals surface area (Å²) >= 11 is 3.43. The second-order valence-corrected chi connectivity index (χ2v) is 10.5. The first-order valence-electron chi connectivity index (χ1n) is 12.4. The fourth-order valence-electron chi connectivity index (χ4n) is 5.87. The fraction of sp³-hybridized carbons (Fsp3) is 0.500. The average Bonchev–Trinajstić information content (AvgIpc) is 3.12. The van der Waals surface area contributed by atoms with Crippen LogP contribution in [0.1, 0.15) is 38.2 Å². The van der Waals surface area contributed by atoms with Crippen molar-refractivity contribution in [1.82, 2.24) is 4.90 Å². The number of amides is 3. The van der Waals surface area contributed by atoms with E-state index >= 15 is 0 Å². The number of rotatable bonds is 7. The molecule has 2 saturated heterocycles. The van der Waals surface area contributed by atoms with Crippen LogP contribution in [0.25, 0.3) is 6.08 Å². The van der Waals surface area contributed by atoms with Gasteiger partial charge in [0.25, 0.3) is 0 Å². The Balaban J connectivity index is 1.64. The minimum absolute atomic E-state index is 0.149. The highest BCUT2D eigenvalue weighted by molar-refractivity contribution is 9.10. The molecule has 3 amide bonds. The summed E-state index contributed by atoms with van der Waals surface area (Å²) in [6.07, 6.45) is 2.82. The van der Waals surface area contributed by atoms with Crippen molar-refractivity contribution in [1.29, 1.82) is 0 Å². The number of imide groups is 3. The van der Waals surface area contributed by atoms with Crippen LogP contribution in [0.4, 0.5) is 4.79 Å². The van der Waals surface area contributed by atoms with Crippen LogP contribution in [0.5, 0.6) is 5.75 Å². The SMILES string of the molecule is CC/C(=C\c1cc(Br)ccc1O)CC[C@H]1OB(O)C[C@H]2C1=C(COC)C[C@H]1C(=O)N(C(=O)OC)C(=O)[C@H]12. The Morgan fingerprint density at radius 3 is 2.70 bits per heavy atom. The van der Waals surface area contributed by atoms with Gasteiger partial charge in [0.05, 0.1) is 31.7 Å². The summed E-state index contributed by atoms with van der Waals surface area (Å²) in [6.45, 7) is 2.29. The predicted octanol–water partition coefficient (Wildman–Crippen LogP) is 3.94. The van der Waals surface area contributed by atoms with Crippen molar-refractivity contribution < 1.29 is 38.6 Å². The molecule has 198 valence electrons. The minimum Gasteiger partial charge on any atom is -0.507 e. The number of likely N-dealkylation sites (tertiary alicyclic amines) is 1. The Morgan fingerprint density at radius 2 is 2.03 bits per heavy atom.